The Morgan fingerprint density at radius 2 is 1.75 bits per heavy atom. The van der Waals surface area contributed by atoms with Gasteiger partial charge in [-0.3, -0.25) is 14.6 Å². The van der Waals surface area contributed by atoms with Crippen molar-refractivity contribution in [2.75, 3.05) is 5.32 Å². The maximum absolute atomic E-state index is 12.5. The SMILES string of the molecule is Cc1ccccc1CNC(=O)c1ccnc(C(=O)Nc2cc(Cl)ccc2C)c1. The van der Waals surface area contributed by atoms with Gasteiger partial charge in [0.15, 0.2) is 0 Å². The van der Waals surface area contributed by atoms with Crippen LogP contribution in [0.1, 0.15) is 37.5 Å². The van der Waals surface area contributed by atoms with Gasteiger partial charge in [0.25, 0.3) is 11.8 Å². The number of hydrogen-bond acceptors (Lipinski definition) is 3. The first-order valence-electron chi connectivity index (χ1n) is 8.80. The molecular weight excluding hydrogens is 374 g/mol. The van der Waals surface area contributed by atoms with Crippen LogP contribution in [0.3, 0.4) is 0 Å². The van der Waals surface area contributed by atoms with Crippen molar-refractivity contribution in [3.63, 3.8) is 0 Å². The summed E-state index contributed by atoms with van der Waals surface area (Å²) in [6.45, 7) is 4.28. The van der Waals surface area contributed by atoms with E-state index in [1.165, 1.54) is 12.3 Å². The van der Waals surface area contributed by atoms with E-state index in [0.717, 1.165) is 16.7 Å². The van der Waals surface area contributed by atoms with Gasteiger partial charge in [-0.25, -0.2) is 0 Å². The van der Waals surface area contributed by atoms with Crippen molar-refractivity contribution in [1.82, 2.24) is 10.3 Å². The number of carbonyl (C=O) groups excluding carboxylic acids is 2. The van der Waals surface area contributed by atoms with E-state index < -0.39 is 5.91 Å². The number of halogens is 1. The van der Waals surface area contributed by atoms with Crippen molar-refractivity contribution in [3.05, 3.63) is 93.8 Å². The van der Waals surface area contributed by atoms with Gasteiger partial charge in [0, 0.05) is 29.0 Å². The molecule has 142 valence electrons. The smallest absolute Gasteiger partial charge is 0.274 e. The van der Waals surface area contributed by atoms with Gasteiger partial charge < -0.3 is 10.6 Å². The number of aromatic nitrogens is 1. The van der Waals surface area contributed by atoms with E-state index in [1.54, 1.807) is 18.2 Å². The molecule has 1 heterocycles. The first-order chi connectivity index (χ1) is 13.4. The van der Waals surface area contributed by atoms with E-state index in [4.69, 9.17) is 11.6 Å². The van der Waals surface area contributed by atoms with Crippen molar-refractivity contribution in [3.8, 4) is 0 Å². The third-order valence-corrected chi connectivity index (χ3v) is 4.64. The maximum Gasteiger partial charge on any atom is 0.274 e. The van der Waals surface area contributed by atoms with Gasteiger partial charge in [-0.1, -0.05) is 41.9 Å². The minimum Gasteiger partial charge on any atom is -0.348 e. The zero-order chi connectivity index (χ0) is 20.1. The topological polar surface area (TPSA) is 71.1 Å². The molecule has 0 radical (unpaired) electrons. The zero-order valence-corrected chi connectivity index (χ0v) is 16.4. The second-order valence-electron chi connectivity index (χ2n) is 6.45. The highest BCUT2D eigenvalue weighted by Gasteiger charge is 2.13. The molecule has 0 aliphatic heterocycles. The molecule has 0 unspecified atom stereocenters. The quantitative estimate of drug-likeness (QED) is 0.668. The van der Waals surface area contributed by atoms with Crippen molar-refractivity contribution >= 4 is 29.1 Å². The van der Waals surface area contributed by atoms with Crippen LogP contribution in [0.15, 0.2) is 60.8 Å². The third kappa shape index (κ3) is 4.75. The summed E-state index contributed by atoms with van der Waals surface area (Å²) in [5, 5.41) is 6.18. The molecule has 0 bridgehead atoms. The Morgan fingerprint density at radius 1 is 0.964 bits per heavy atom. The van der Waals surface area contributed by atoms with E-state index >= 15 is 0 Å². The summed E-state index contributed by atoms with van der Waals surface area (Å²) < 4.78 is 0. The normalized spacial score (nSPS) is 10.4. The highest BCUT2D eigenvalue weighted by atomic mass is 35.5. The molecule has 3 aromatic rings. The molecule has 5 nitrogen and oxygen atoms in total. The van der Waals surface area contributed by atoms with Gasteiger partial charge in [-0.05, 0) is 54.8 Å². The second-order valence-corrected chi connectivity index (χ2v) is 6.89. The number of amides is 2. The van der Waals surface area contributed by atoms with Crippen molar-refractivity contribution in [2.24, 2.45) is 0 Å². The van der Waals surface area contributed by atoms with Crippen LogP contribution < -0.4 is 10.6 Å². The fourth-order valence-corrected chi connectivity index (χ4v) is 2.87. The number of rotatable bonds is 5. The molecule has 0 aliphatic rings. The molecule has 0 fully saturated rings. The van der Waals surface area contributed by atoms with Gasteiger partial charge in [0.2, 0.25) is 0 Å². The molecule has 1 aromatic heterocycles. The molecule has 0 spiro atoms. The number of benzene rings is 2. The number of nitrogens with one attached hydrogen (secondary N) is 2. The van der Waals surface area contributed by atoms with E-state index in [-0.39, 0.29) is 11.6 Å². The molecule has 2 aromatic carbocycles. The van der Waals surface area contributed by atoms with Crippen LogP contribution in [-0.4, -0.2) is 16.8 Å². The molecule has 0 atom stereocenters. The molecule has 6 heteroatoms. The average molecular weight is 394 g/mol. The number of carbonyl (C=O) groups is 2. The number of aryl methyl sites for hydroxylation is 2. The predicted octanol–water partition coefficient (Wildman–Crippen LogP) is 4.53. The van der Waals surface area contributed by atoms with E-state index in [1.807, 2.05) is 44.2 Å². The molecule has 2 amide bonds. The van der Waals surface area contributed by atoms with Crippen LogP contribution in [0, 0.1) is 13.8 Å². The number of anilines is 1. The molecule has 0 saturated heterocycles. The van der Waals surface area contributed by atoms with Crippen molar-refractivity contribution in [1.29, 1.82) is 0 Å². The number of pyridine rings is 1. The first-order valence-corrected chi connectivity index (χ1v) is 9.18. The predicted molar refractivity (Wildman–Crippen MR) is 111 cm³/mol. The first kappa shape index (κ1) is 19.6. The average Bonchev–Trinajstić information content (AvgIpc) is 2.70. The Kier molecular flexibility index (Phi) is 6.06. The minimum atomic E-state index is -0.404. The largest absolute Gasteiger partial charge is 0.348 e. The fourth-order valence-electron chi connectivity index (χ4n) is 2.70. The van der Waals surface area contributed by atoms with E-state index in [9.17, 15) is 9.59 Å². The fraction of sp³-hybridized carbons (Fsp3) is 0.136. The maximum atomic E-state index is 12.5. The monoisotopic (exact) mass is 393 g/mol. The Morgan fingerprint density at radius 3 is 2.54 bits per heavy atom. The van der Waals surface area contributed by atoms with Crippen molar-refractivity contribution in [2.45, 2.75) is 20.4 Å². The van der Waals surface area contributed by atoms with E-state index in [2.05, 4.69) is 15.6 Å². The van der Waals surface area contributed by atoms with Gasteiger partial charge in [-0.2, -0.15) is 0 Å². The second kappa shape index (κ2) is 8.67. The van der Waals surface area contributed by atoms with Gasteiger partial charge >= 0.3 is 0 Å². The van der Waals surface area contributed by atoms with Crippen LogP contribution in [0.25, 0.3) is 0 Å². The molecule has 3 rings (SSSR count). The Balaban J connectivity index is 1.70. The van der Waals surface area contributed by atoms with Crippen LogP contribution >= 0.6 is 11.6 Å². The Bertz CT molecular complexity index is 1030. The van der Waals surface area contributed by atoms with Crippen LogP contribution in [0.2, 0.25) is 5.02 Å². The van der Waals surface area contributed by atoms with Crippen LogP contribution in [0.5, 0.6) is 0 Å². The lowest BCUT2D eigenvalue weighted by Crippen LogP contribution is -2.24. The summed E-state index contributed by atoms with van der Waals surface area (Å²) in [5.74, 6) is -0.669. The molecular formula is C22H20ClN3O2. The summed E-state index contributed by atoms with van der Waals surface area (Å²) in [5.41, 5.74) is 4.16. The van der Waals surface area contributed by atoms with Gasteiger partial charge in [-0.15, -0.1) is 0 Å². The minimum absolute atomic E-state index is 0.155. The summed E-state index contributed by atoms with van der Waals surface area (Å²) >= 11 is 5.99. The lowest BCUT2D eigenvalue weighted by atomic mass is 10.1. The van der Waals surface area contributed by atoms with E-state index in [0.29, 0.717) is 22.8 Å². The number of nitrogens with zero attached hydrogens (tertiary/aromatic N) is 1. The summed E-state index contributed by atoms with van der Waals surface area (Å²) in [4.78, 5) is 29.1. The van der Waals surface area contributed by atoms with Crippen molar-refractivity contribution < 1.29 is 9.59 Å². The lowest BCUT2D eigenvalue weighted by Gasteiger charge is -2.10. The Hall–Kier alpha value is -3.18. The zero-order valence-electron chi connectivity index (χ0n) is 15.6. The summed E-state index contributed by atoms with van der Waals surface area (Å²) in [7, 11) is 0. The highest BCUT2D eigenvalue weighted by molar-refractivity contribution is 6.31. The van der Waals surface area contributed by atoms with Gasteiger partial charge in [0.1, 0.15) is 5.69 Å². The number of hydrogen-bond donors (Lipinski definition) is 2. The standard InChI is InChI=1S/C22H20ClN3O2/c1-14-5-3-4-6-17(14)13-25-21(27)16-9-10-24-20(11-16)22(28)26-19-12-18(23)8-7-15(19)2/h3-12H,13H2,1-2H3,(H,25,27)(H,26,28). The lowest BCUT2D eigenvalue weighted by molar-refractivity contribution is 0.0950. The molecule has 2 N–H and O–H groups in total. The summed E-state index contributed by atoms with van der Waals surface area (Å²) in [6, 6.07) is 16.1. The van der Waals surface area contributed by atoms with Crippen LogP contribution in [0.4, 0.5) is 5.69 Å². The van der Waals surface area contributed by atoms with Crippen LogP contribution in [-0.2, 0) is 6.54 Å². The Labute approximate surface area is 168 Å². The van der Waals surface area contributed by atoms with Gasteiger partial charge in [0.05, 0.1) is 0 Å². The molecule has 0 saturated carbocycles. The molecule has 0 aliphatic carbocycles. The summed E-state index contributed by atoms with van der Waals surface area (Å²) in [6.07, 6.45) is 1.45. The highest BCUT2D eigenvalue weighted by Crippen LogP contribution is 2.20. The molecule has 28 heavy (non-hydrogen) atoms. The third-order valence-electron chi connectivity index (χ3n) is 4.40.